The van der Waals surface area contributed by atoms with Gasteiger partial charge in [-0.3, -0.25) is 4.79 Å². The molecule has 1 aromatic rings. The van der Waals surface area contributed by atoms with Crippen LogP contribution < -0.4 is 0 Å². The van der Waals surface area contributed by atoms with Gasteiger partial charge in [-0.25, -0.2) is 0 Å². The van der Waals surface area contributed by atoms with Crippen molar-refractivity contribution in [2.45, 2.75) is 40.5 Å². The molecule has 0 spiro atoms. The van der Waals surface area contributed by atoms with Crippen molar-refractivity contribution in [3.63, 3.8) is 0 Å². The summed E-state index contributed by atoms with van der Waals surface area (Å²) in [4.78, 5) is 12.0. The largest absolute Gasteiger partial charge is 0.294 e. The SMILES string of the molecule is Cc1cc(C(=O)CCC(C)C)c(C)cc1Cl. The van der Waals surface area contributed by atoms with Gasteiger partial charge >= 0.3 is 0 Å². The summed E-state index contributed by atoms with van der Waals surface area (Å²) in [6.07, 6.45) is 1.57. The van der Waals surface area contributed by atoms with Crippen LogP contribution in [0.3, 0.4) is 0 Å². The molecule has 0 amide bonds. The van der Waals surface area contributed by atoms with Crippen LogP contribution in [0.15, 0.2) is 12.1 Å². The number of benzene rings is 1. The van der Waals surface area contributed by atoms with Gasteiger partial charge in [0.25, 0.3) is 0 Å². The molecule has 0 radical (unpaired) electrons. The number of aryl methyl sites for hydroxylation is 2. The minimum atomic E-state index is 0.228. The van der Waals surface area contributed by atoms with E-state index >= 15 is 0 Å². The quantitative estimate of drug-likeness (QED) is 0.702. The van der Waals surface area contributed by atoms with E-state index in [9.17, 15) is 4.79 Å². The number of rotatable bonds is 4. The summed E-state index contributed by atoms with van der Waals surface area (Å²) in [6, 6.07) is 3.78. The highest BCUT2D eigenvalue weighted by atomic mass is 35.5. The molecule has 2 heteroatoms. The molecular weight excluding hydrogens is 220 g/mol. The Morgan fingerprint density at radius 1 is 1.25 bits per heavy atom. The lowest BCUT2D eigenvalue weighted by Crippen LogP contribution is -2.04. The van der Waals surface area contributed by atoms with E-state index in [1.807, 2.05) is 26.0 Å². The number of ketones is 1. The zero-order valence-corrected chi connectivity index (χ0v) is 11.2. The third-order valence-corrected chi connectivity index (χ3v) is 3.16. The maximum absolute atomic E-state index is 12.0. The van der Waals surface area contributed by atoms with Gasteiger partial charge in [-0.2, -0.15) is 0 Å². The van der Waals surface area contributed by atoms with E-state index in [0.29, 0.717) is 12.3 Å². The fourth-order valence-corrected chi connectivity index (χ4v) is 1.85. The van der Waals surface area contributed by atoms with Crippen molar-refractivity contribution >= 4 is 17.4 Å². The van der Waals surface area contributed by atoms with Crippen molar-refractivity contribution in [1.82, 2.24) is 0 Å². The minimum Gasteiger partial charge on any atom is -0.294 e. The van der Waals surface area contributed by atoms with Gasteiger partial charge in [-0.15, -0.1) is 0 Å². The average molecular weight is 239 g/mol. The van der Waals surface area contributed by atoms with Gasteiger partial charge in [0.1, 0.15) is 0 Å². The first kappa shape index (κ1) is 13.2. The van der Waals surface area contributed by atoms with Crippen molar-refractivity contribution in [2.75, 3.05) is 0 Å². The highest BCUT2D eigenvalue weighted by Gasteiger charge is 2.11. The molecule has 88 valence electrons. The summed E-state index contributed by atoms with van der Waals surface area (Å²) < 4.78 is 0. The van der Waals surface area contributed by atoms with E-state index in [4.69, 9.17) is 11.6 Å². The van der Waals surface area contributed by atoms with Crippen LogP contribution in [0, 0.1) is 19.8 Å². The lowest BCUT2D eigenvalue weighted by Gasteiger charge is -2.09. The first-order valence-corrected chi connectivity index (χ1v) is 6.09. The molecule has 0 fully saturated rings. The smallest absolute Gasteiger partial charge is 0.163 e. The Hall–Kier alpha value is -0.820. The first-order valence-electron chi connectivity index (χ1n) is 5.71. The van der Waals surface area contributed by atoms with Crippen LogP contribution in [0.25, 0.3) is 0 Å². The van der Waals surface area contributed by atoms with Gasteiger partial charge in [-0.05, 0) is 49.4 Å². The Bertz CT molecular complexity index is 394. The lowest BCUT2D eigenvalue weighted by atomic mass is 9.97. The Morgan fingerprint density at radius 2 is 1.88 bits per heavy atom. The number of carbonyl (C=O) groups excluding carboxylic acids is 1. The number of hydrogen-bond donors (Lipinski definition) is 0. The van der Waals surface area contributed by atoms with E-state index in [-0.39, 0.29) is 5.78 Å². The molecule has 0 aliphatic carbocycles. The van der Waals surface area contributed by atoms with Gasteiger partial charge in [0, 0.05) is 17.0 Å². The van der Waals surface area contributed by atoms with E-state index in [1.165, 1.54) is 0 Å². The van der Waals surface area contributed by atoms with E-state index in [2.05, 4.69) is 13.8 Å². The second kappa shape index (κ2) is 5.49. The number of hydrogen-bond acceptors (Lipinski definition) is 1. The topological polar surface area (TPSA) is 17.1 Å². The van der Waals surface area contributed by atoms with Crippen LogP contribution in [0.4, 0.5) is 0 Å². The molecule has 0 aromatic heterocycles. The molecule has 0 unspecified atom stereocenters. The molecule has 0 saturated carbocycles. The van der Waals surface area contributed by atoms with Crippen LogP contribution >= 0.6 is 11.6 Å². The maximum Gasteiger partial charge on any atom is 0.163 e. The number of carbonyl (C=O) groups is 1. The van der Waals surface area contributed by atoms with Crippen LogP contribution in [0.5, 0.6) is 0 Å². The van der Waals surface area contributed by atoms with Gasteiger partial charge in [0.2, 0.25) is 0 Å². The fraction of sp³-hybridized carbons (Fsp3) is 0.500. The molecule has 1 aromatic carbocycles. The zero-order chi connectivity index (χ0) is 12.3. The van der Waals surface area contributed by atoms with Crippen LogP contribution in [0.1, 0.15) is 48.2 Å². The molecule has 1 nitrogen and oxygen atoms in total. The Morgan fingerprint density at radius 3 is 2.44 bits per heavy atom. The molecule has 0 atom stereocenters. The Kier molecular flexibility index (Phi) is 4.55. The number of Topliss-reactive ketones (excluding diaryl/α,β-unsaturated/α-hetero) is 1. The molecule has 0 heterocycles. The van der Waals surface area contributed by atoms with Gasteiger partial charge in [0.15, 0.2) is 5.78 Å². The molecular formula is C14H19ClO. The fourth-order valence-electron chi connectivity index (χ4n) is 1.64. The number of halogens is 1. The second-order valence-electron chi connectivity index (χ2n) is 4.77. The standard InChI is InChI=1S/C14H19ClO/c1-9(2)5-6-14(16)12-7-11(4)13(15)8-10(12)3/h7-9H,5-6H2,1-4H3. The van der Waals surface area contributed by atoms with Crippen LogP contribution in [-0.2, 0) is 0 Å². The summed E-state index contributed by atoms with van der Waals surface area (Å²) in [6.45, 7) is 8.13. The van der Waals surface area contributed by atoms with Crippen molar-refractivity contribution in [3.8, 4) is 0 Å². The second-order valence-corrected chi connectivity index (χ2v) is 5.18. The summed E-state index contributed by atoms with van der Waals surface area (Å²) in [7, 11) is 0. The Balaban J connectivity index is 2.87. The van der Waals surface area contributed by atoms with Crippen LogP contribution in [-0.4, -0.2) is 5.78 Å². The van der Waals surface area contributed by atoms with Crippen molar-refractivity contribution < 1.29 is 4.79 Å². The van der Waals surface area contributed by atoms with E-state index in [1.54, 1.807) is 0 Å². The van der Waals surface area contributed by atoms with Gasteiger partial charge in [0.05, 0.1) is 0 Å². The molecule has 16 heavy (non-hydrogen) atoms. The third kappa shape index (κ3) is 3.34. The summed E-state index contributed by atoms with van der Waals surface area (Å²) >= 11 is 6.01. The molecule has 0 aliphatic heterocycles. The maximum atomic E-state index is 12.0. The highest BCUT2D eigenvalue weighted by Crippen LogP contribution is 2.22. The van der Waals surface area contributed by atoms with Crippen molar-refractivity contribution in [2.24, 2.45) is 5.92 Å². The minimum absolute atomic E-state index is 0.228. The molecule has 0 aliphatic rings. The zero-order valence-electron chi connectivity index (χ0n) is 10.4. The lowest BCUT2D eigenvalue weighted by molar-refractivity contribution is 0.0975. The van der Waals surface area contributed by atoms with Crippen molar-refractivity contribution in [3.05, 3.63) is 33.8 Å². The third-order valence-electron chi connectivity index (χ3n) is 2.75. The molecule has 0 saturated heterocycles. The summed E-state index contributed by atoms with van der Waals surface area (Å²) in [5, 5.41) is 0.734. The normalized spacial score (nSPS) is 10.9. The predicted molar refractivity (Wildman–Crippen MR) is 69.3 cm³/mol. The Labute approximate surface area is 103 Å². The monoisotopic (exact) mass is 238 g/mol. The highest BCUT2D eigenvalue weighted by molar-refractivity contribution is 6.31. The molecule has 1 rings (SSSR count). The average Bonchev–Trinajstić information content (AvgIpc) is 2.20. The van der Waals surface area contributed by atoms with Crippen LogP contribution in [0.2, 0.25) is 5.02 Å². The summed E-state index contributed by atoms with van der Waals surface area (Å²) in [5.41, 5.74) is 2.77. The molecule has 0 bridgehead atoms. The van der Waals surface area contributed by atoms with Gasteiger partial charge in [-0.1, -0.05) is 25.4 Å². The predicted octanol–water partition coefficient (Wildman–Crippen LogP) is 4.58. The van der Waals surface area contributed by atoms with Gasteiger partial charge < -0.3 is 0 Å². The van der Waals surface area contributed by atoms with E-state index < -0.39 is 0 Å². The first-order chi connectivity index (χ1) is 7.41. The summed E-state index contributed by atoms with van der Waals surface area (Å²) in [5.74, 6) is 0.795. The molecule has 0 N–H and O–H groups in total. The van der Waals surface area contributed by atoms with E-state index in [0.717, 1.165) is 28.1 Å². The van der Waals surface area contributed by atoms with Crippen molar-refractivity contribution in [1.29, 1.82) is 0 Å².